The molecule has 0 aromatic carbocycles. The molecule has 2 N–H and O–H groups in total. The van der Waals surface area contributed by atoms with Gasteiger partial charge in [-0.2, -0.15) is 0 Å². The summed E-state index contributed by atoms with van der Waals surface area (Å²) in [5.74, 6) is 0.971. The van der Waals surface area contributed by atoms with Gasteiger partial charge in [0, 0.05) is 12.5 Å². The monoisotopic (exact) mass is 266 g/mol. The highest BCUT2D eigenvalue weighted by atomic mass is 16.3. The highest BCUT2D eigenvalue weighted by Gasteiger charge is 2.28. The van der Waals surface area contributed by atoms with Gasteiger partial charge in [-0.3, -0.25) is 9.89 Å². The Morgan fingerprint density at radius 3 is 2.89 bits per heavy atom. The summed E-state index contributed by atoms with van der Waals surface area (Å²) in [6, 6.07) is -0.101. The summed E-state index contributed by atoms with van der Waals surface area (Å²) in [6.07, 6.45) is 3.99. The zero-order valence-electron chi connectivity index (χ0n) is 11.6. The first kappa shape index (κ1) is 14.0. The SMILES string of the molecule is CC(C)c1nc(C(=O)N2CCCCCC2CO)n[nH]1. The summed E-state index contributed by atoms with van der Waals surface area (Å²) in [5.41, 5.74) is 0. The van der Waals surface area contributed by atoms with Crippen molar-refractivity contribution in [2.45, 2.75) is 51.5 Å². The molecule has 0 radical (unpaired) electrons. The van der Waals surface area contributed by atoms with Crippen LogP contribution in [0.2, 0.25) is 0 Å². The minimum absolute atomic E-state index is 0.00714. The first-order valence-electron chi connectivity index (χ1n) is 6.97. The molecule has 1 atom stereocenters. The number of nitrogens with zero attached hydrogens (tertiary/aromatic N) is 3. The normalized spacial score (nSPS) is 20.6. The number of rotatable bonds is 3. The number of aliphatic hydroxyl groups is 1. The lowest BCUT2D eigenvalue weighted by Gasteiger charge is -2.27. The van der Waals surface area contributed by atoms with Gasteiger partial charge in [0.25, 0.3) is 5.91 Å². The molecule has 0 saturated carbocycles. The van der Waals surface area contributed by atoms with Crippen LogP contribution in [0, 0.1) is 0 Å². The van der Waals surface area contributed by atoms with Crippen LogP contribution in [-0.2, 0) is 0 Å². The van der Waals surface area contributed by atoms with Gasteiger partial charge in [0.1, 0.15) is 5.82 Å². The van der Waals surface area contributed by atoms with Gasteiger partial charge in [-0.15, -0.1) is 5.10 Å². The number of aliphatic hydroxyl groups excluding tert-OH is 1. The second kappa shape index (κ2) is 6.14. The van der Waals surface area contributed by atoms with Crippen LogP contribution >= 0.6 is 0 Å². The van der Waals surface area contributed by atoms with Gasteiger partial charge in [-0.25, -0.2) is 4.98 Å². The first-order valence-corrected chi connectivity index (χ1v) is 6.97. The molecule has 2 rings (SSSR count). The van der Waals surface area contributed by atoms with Crippen LogP contribution in [0.5, 0.6) is 0 Å². The van der Waals surface area contributed by atoms with E-state index in [1.165, 1.54) is 0 Å². The van der Waals surface area contributed by atoms with Crippen molar-refractivity contribution in [2.24, 2.45) is 0 Å². The molecule has 1 aromatic rings. The van der Waals surface area contributed by atoms with E-state index >= 15 is 0 Å². The molecule has 1 saturated heterocycles. The van der Waals surface area contributed by atoms with E-state index < -0.39 is 0 Å². The molecule has 6 heteroatoms. The maximum atomic E-state index is 12.4. The van der Waals surface area contributed by atoms with E-state index in [1.54, 1.807) is 4.90 Å². The Morgan fingerprint density at radius 2 is 2.26 bits per heavy atom. The fraction of sp³-hybridized carbons (Fsp3) is 0.769. The third-order valence-corrected chi connectivity index (χ3v) is 3.59. The lowest BCUT2D eigenvalue weighted by molar-refractivity contribution is 0.0588. The summed E-state index contributed by atoms with van der Waals surface area (Å²) in [4.78, 5) is 18.4. The molecule has 1 unspecified atom stereocenters. The van der Waals surface area contributed by atoms with Crippen molar-refractivity contribution in [2.75, 3.05) is 13.2 Å². The Balaban J connectivity index is 2.15. The standard InChI is InChI=1S/C13H22N4O2/c1-9(2)11-14-12(16-15-11)13(19)17-7-5-3-4-6-10(17)8-18/h9-10,18H,3-8H2,1-2H3,(H,14,15,16). The first-order chi connectivity index (χ1) is 9.13. The van der Waals surface area contributed by atoms with Crippen molar-refractivity contribution < 1.29 is 9.90 Å². The summed E-state index contributed by atoms with van der Waals surface area (Å²) in [5, 5.41) is 16.2. The largest absolute Gasteiger partial charge is 0.394 e. The second-order valence-corrected chi connectivity index (χ2v) is 5.38. The van der Waals surface area contributed by atoms with Crippen molar-refractivity contribution in [1.29, 1.82) is 0 Å². The van der Waals surface area contributed by atoms with E-state index in [2.05, 4.69) is 15.2 Å². The highest BCUT2D eigenvalue weighted by molar-refractivity contribution is 5.90. The molecule has 106 valence electrons. The number of H-pyrrole nitrogens is 1. The molecule has 19 heavy (non-hydrogen) atoms. The van der Waals surface area contributed by atoms with Gasteiger partial charge in [-0.05, 0) is 12.8 Å². The molecule has 1 fully saturated rings. The van der Waals surface area contributed by atoms with Crippen LogP contribution in [0.3, 0.4) is 0 Å². The number of nitrogens with one attached hydrogen (secondary N) is 1. The predicted molar refractivity (Wildman–Crippen MR) is 70.9 cm³/mol. The van der Waals surface area contributed by atoms with E-state index in [1.807, 2.05) is 13.8 Å². The average Bonchev–Trinajstić information content (AvgIpc) is 2.77. The van der Waals surface area contributed by atoms with Crippen molar-refractivity contribution in [1.82, 2.24) is 20.1 Å². The third kappa shape index (κ3) is 3.12. The van der Waals surface area contributed by atoms with Crippen LogP contribution < -0.4 is 0 Å². The summed E-state index contributed by atoms with van der Waals surface area (Å²) in [7, 11) is 0. The van der Waals surface area contributed by atoms with Crippen LogP contribution in [-0.4, -0.2) is 50.3 Å². The smallest absolute Gasteiger partial charge is 0.293 e. The van der Waals surface area contributed by atoms with Crippen LogP contribution in [0.1, 0.15) is 61.9 Å². The van der Waals surface area contributed by atoms with E-state index in [-0.39, 0.29) is 30.3 Å². The number of carbonyl (C=O) groups is 1. The average molecular weight is 266 g/mol. The molecule has 1 amide bonds. The quantitative estimate of drug-likeness (QED) is 0.864. The Hall–Kier alpha value is -1.43. The number of carbonyl (C=O) groups excluding carboxylic acids is 1. The fourth-order valence-corrected chi connectivity index (χ4v) is 2.39. The molecule has 2 heterocycles. The number of aromatic amines is 1. The predicted octanol–water partition coefficient (Wildman–Crippen LogP) is 1.31. The van der Waals surface area contributed by atoms with Crippen molar-refractivity contribution in [3.05, 3.63) is 11.6 Å². The van der Waals surface area contributed by atoms with Crippen LogP contribution in [0.4, 0.5) is 0 Å². The zero-order chi connectivity index (χ0) is 13.8. The molecular formula is C13H22N4O2. The molecule has 1 aliphatic heterocycles. The van der Waals surface area contributed by atoms with Gasteiger partial charge < -0.3 is 10.0 Å². The van der Waals surface area contributed by atoms with Crippen molar-refractivity contribution >= 4 is 5.91 Å². The van der Waals surface area contributed by atoms with Gasteiger partial charge >= 0.3 is 0 Å². The lowest BCUT2D eigenvalue weighted by Crippen LogP contribution is -2.42. The van der Waals surface area contributed by atoms with E-state index in [4.69, 9.17) is 0 Å². The van der Waals surface area contributed by atoms with Gasteiger partial charge in [0.2, 0.25) is 5.82 Å². The summed E-state index contributed by atoms with van der Waals surface area (Å²) >= 11 is 0. The molecule has 1 aromatic heterocycles. The Morgan fingerprint density at radius 1 is 1.47 bits per heavy atom. The maximum absolute atomic E-state index is 12.4. The maximum Gasteiger partial charge on any atom is 0.293 e. The molecule has 0 bridgehead atoms. The van der Waals surface area contributed by atoms with E-state index in [0.29, 0.717) is 6.54 Å². The Labute approximate surface area is 113 Å². The number of likely N-dealkylation sites (tertiary alicyclic amines) is 1. The van der Waals surface area contributed by atoms with Crippen LogP contribution in [0.25, 0.3) is 0 Å². The zero-order valence-corrected chi connectivity index (χ0v) is 11.6. The number of hydrogen-bond acceptors (Lipinski definition) is 4. The van der Waals surface area contributed by atoms with Crippen molar-refractivity contribution in [3.63, 3.8) is 0 Å². The number of amides is 1. The van der Waals surface area contributed by atoms with Gasteiger partial charge in [-0.1, -0.05) is 26.7 Å². The Kier molecular flexibility index (Phi) is 4.52. The van der Waals surface area contributed by atoms with E-state index in [0.717, 1.165) is 31.5 Å². The Bertz CT molecular complexity index is 430. The summed E-state index contributed by atoms with van der Waals surface area (Å²) in [6.45, 7) is 4.68. The van der Waals surface area contributed by atoms with Gasteiger partial charge in [0.05, 0.1) is 12.6 Å². The fourth-order valence-electron chi connectivity index (χ4n) is 2.39. The lowest BCUT2D eigenvalue weighted by atomic mass is 10.1. The minimum atomic E-state index is -0.177. The molecule has 1 aliphatic rings. The van der Waals surface area contributed by atoms with Gasteiger partial charge in [0.15, 0.2) is 0 Å². The molecule has 0 aliphatic carbocycles. The third-order valence-electron chi connectivity index (χ3n) is 3.59. The number of aromatic nitrogens is 3. The molecular weight excluding hydrogens is 244 g/mol. The number of hydrogen-bond donors (Lipinski definition) is 2. The molecule has 0 spiro atoms. The highest BCUT2D eigenvalue weighted by Crippen LogP contribution is 2.18. The van der Waals surface area contributed by atoms with Crippen molar-refractivity contribution in [3.8, 4) is 0 Å². The topological polar surface area (TPSA) is 82.1 Å². The van der Waals surface area contributed by atoms with E-state index in [9.17, 15) is 9.90 Å². The minimum Gasteiger partial charge on any atom is -0.394 e. The molecule has 6 nitrogen and oxygen atoms in total. The summed E-state index contributed by atoms with van der Waals surface area (Å²) < 4.78 is 0. The second-order valence-electron chi connectivity index (χ2n) is 5.38. The van der Waals surface area contributed by atoms with Crippen LogP contribution in [0.15, 0.2) is 0 Å².